The third kappa shape index (κ3) is 3.37. The molecule has 24 heavy (non-hydrogen) atoms. The Hall–Kier alpha value is -2.49. The smallest absolute Gasteiger partial charge is 0.224 e. The Labute approximate surface area is 142 Å². The van der Waals surface area contributed by atoms with Crippen LogP contribution in [0.5, 0.6) is 11.5 Å². The van der Waals surface area contributed by atoms with Crippen LogP contribution in [0, 0.1) is 5.92 Å². The van der Waals surface area contributed by atoms with E-state index in [0.29, 0.717) is 5.92 Å². The highest BCUT2D eigenvalue weighted by Gasteiger charge is 2.44. The van der Waals surface area contributed by atoms with Crippen molar-refractivity contribution in [2.24, 2.45) is 5.92 Å². The van der Waals surface area contributed by atoms with E-state index in [2.05, 4.69) is 17.4 Å². The van der Waals surface area contributed by atoms with Crippen LogP contribution >= 0.6 is 0 Å². The van der Waals surface area contributed by atoms with Gasteiger partial charge in [0.25, 0.3) is 0 Å². The van der Waals surface area contributed by atoms with Crippen LogP contribution in [0.2, 0.25) is 0 Å². The normalized spacial score (nSPS) is 20.1. The molecule has 0 radical (unpaired) electrons. The number of benzene rings is 2. The van der Waals surface area contributed by atoms with Crippen LogP contribution in [0.15, 0.2) is 48.5 Å². The standard InChI is InChI=1S/C20H23NO3/c1-13(16-11-15(23-2)9-10-19(16)24-3)21-20(22)18-12-17(18)14-7-5-4-6-8-14/h4-11,13,17-18H,12H2,1-3H3,(H,21,22)/t13-,17+,18+/m0/s1. The molecule has 1 fully saturated rings. The summed E-state index contributed by atoms with van der Waals surface area (Å²) >= 11 is 0. The molecule has 0 aromatic heterocycles. The third-order valence-corrected chi connectivity index (χ3v) is 4.62. The Bertz CT molecular complexity index is 714. The maximum atomic E-state index is 12.5. The zero-order valence-electron chi connectivity index (χ0n) is 14.3. The summed E-state index contributed by atoms with van der Waals surface area (Å²) in [6, 6.07) is 15.7. The molecular weight excluding hydrogens is 302 g/mol. The van der Waals surface area contributed by atoms with E-state index in [1.165, 1.54) is 5.56 Å². The molecule has 126 valence electrons. The fourth-order valence-electron chi connectivity index (χ4n) is 3.13. The number of amides is 1. The maximum Gasteiger partial charge on any atom is 0.224 e. The van der Waals surface area contributed by atoms with Gasteiger partial charge in [0.05, 0.1) is 20.3 Å². The number of rotatable bonds is 6. The van der Waals surface area contributed by atoms with Gasteiger partial charge in [-0.3, -0.25) is 4.79 Å². The zero-order chi connectivity index (χ0) is 17.1. The highest BCUT2D eigenvalue weighted by Crippen LogP contribution is 2.47. The number of nitrogens with one attached hydrogen (secondary N) is 1. The lowest BCUT2D eigenvalue weighted by atomic mass is 10.1. The molecular formula is C20H23NO3. The zero-order valence-corrected chi connectivity index (χ0v) is 14.3. The van der Waals surface area contributed by atoms with Crippen molar-refractivity contribution in [1.29, 1.82) is 0 Å². The van der Waals surface area contributed by atoms with Crippen molar-refractivity contribution in [2.45, 2.75) is 25.3 Å². The molecule has 0 saturated heterocycles. The third-order valence-electron chi connectivity index (χ3n) is 4.62. The van der Waals surface area contributed by atoms with Gasteiger partial charge in [-0.05, 0) is 43.0 Å². The van der Waals surface area contributed by atoms with Crippen molar-refractivity contribution in [3.63, 3.8) is 0 Å². The van der Waals surface area contributed by atoms with Crippen LogP contribution in [0.3, 0.4) is 0 Å². The van der Waals surface area contributed by atoms with E-state index in [4.69, 9.17) is 9.47 Å². The second-order valence-corrected chi connectivity index (χ2v) is 6.20. The molecule has 4 nitrogen and oxygen atoms in total. The first-order valence-corrected chi connectivity index (χ1v) is 8.21. The minimum Gasteiger partial charge on any atom is -0.497 e. The van der Waals surface area contributed by atoms with Crippen molar-refractivity contribution in [3.05, 3.63) is 59.7 Å². The lowest BCUT2D eigenvalue weighted by Gasteiger charge is -2.18. The largest absolute Gasteiger partial charge is 0.497 e. The molecule has 1 aliphatic rings. The van der Waals surface area contributed by atoms with Gasteiger partial charge in [0.15, 0.2) is 0 Å². The van der Waals surface area contributed by atoms with Crippen LogP contribution in [0.4, 0.5) is 0 Å². The van der Waals surface area contributed by atoms with E-state index < -0.39 is 0 Å². The minimum atomic E-state index is -0.139. The van der Waals surface area contributed by atoms with Gasteiger partial charge in [-0.25, -0.2) is 0 Å². The molecule has 2 aromatic carbocycles. The fourth-order valence-corrected chi connectivity index (χ4v) is 3.13. The molecule has 0 heterocycles. The molecule has 0 unspecified atom stereocenters. The Morgan fingerprint density at radius 3 is 2.54 bits per heavy atom. The van der Waals surface area contributed by atoms with Gasteiger partial charge in [0.2, 0.25) is 5.91 Å². The molecule has 1 aliphatic carbocycles. The molecule has 4 heteroatoms. The number of carbonyl (C=O) groups is 1. The SMILES string of the molecule is COc1ccc(OC)c([C@H](C)NC(=O)[C@@H]2C[C@@H]2c2ccccc2)c1. The topological polar surface area (TPSA) is 47.6 Å². The van der Waals surface area contributed by atoms with Crippen LogP contribution in [-0.4, -0.2) is 20.1 Å². The molecule has 0 spiro atoms. The Morgan fingerprint density at radius 2 is 1.88 bits per heavy atom. The van der Waals surface area contributed by atoms with Crippen LogP contribution in [-0.2, 0) is 4.79 Å². The molecule has 1 N–H and O–H groups in total. The molecule has 3 rings (SSSR count). The molecule has 1 saturated carbocycles. The van der Waals surface area contributed by atoms with Gasteiger partial charge in [0.1, 0.15) is 11.5 Å². The highest BCUT2D eigenvalue weighted by atomic mass is 16.5. The number of hydrogen-bond donors (Lipinski definition) is 1. The summed E-state index contributed by atoms with van der Waals surface area (Å²) in [5.41, 5.74) is 2.16. The summed E-state index contributed by atoms with van der Waals surface area (Å²) in [5, 5.41) is 3.11. The summed E-state index contributed by atoms with van der Waals surface area (Å²) in [6.45, 7) is 1.97. The second kappa shape index (κ2) is 6.95. The first kappa shape index (κ1) is 16.4. The summed E-state index contributed by atoms with van der Waals surface area (Å²) in [4.78, 5) is 12.5. The van der Waals surface area contributed by atoms with E-state index in [-0.39, 0.29) is 17.9 Å². The summed E-state index contributed by atoms with van der Waals surface area (Å²) < 4.78 is 10.7. The fraction of sp³-hybridized carbons (Fsp3) is 0.350. The van der Waals surface area contributed by atoms with Crippen molar-refractivity contribution in [1.82, 2.24) is 5.32 Å². The summed E-state index contributed by atoms with van der Waals surface area (Å²) in [6.07, 6.45) is 0.914. The first-order valence-electron chi connectivity index (χ1n) is 8.21. The van der Waals surface area contributed by atoms with Gasteiger partial charge >= 0.3 is 0 Å². The van der Waals surface area contributed by atoms with Crippen LogP contribution in [0.1, 0.15) is 36.4 Å². The van der Waals surface area contributed by atoms with Crippen molar-refractivity contribution in [2.75, 3.05) is 14.2 Å². The Morgan fingerprint density at radius 1 is 1.12 bits per heavy atom. The van der Waals surface area contributed by atoms with E-state index in [1.54, 1.807) is 14.2 Å². The lowest BCUT2D eigenvalue weighted by Crippen LogP contribution is -2.28. The molecule has 2 aromatic rings. The molecule has 0 bridgehead atoms. The predicted molar refractivity (Wildman–Crippen MR) is 93.4 cm³/mol. The summed E-state index contributed by atoms with van der Waals surface area (Å²) in [5.74, 6) is 2.00. The van der Waals surface area contributed by atoms with Crippen molar-refractivity contribution < 1.29 is 14.3 Å². The first-order chi connectivity index (χ1) is 11.6. The monoisotopic (exact) mass is 325 g/mol. The lowest BCUT2D eigenvalue weighted by molar-refractivity contribution is -0.123. The average molecular weight is 325 g/mol. The number of methoxy groups -OCH3 is 2. The molecule has 3 atom stereocenters. The predicted octanol–water partition coefficient (Wildman–Crippen LogP) is 3.68. The van der Waals surface area contributed by atoms with Gasteiger partial charge in [-0.2, -0.15) is 0 Å². The number of carbonyl (C=O) groups excluding carboxylic acids is 1. The Kier molecular flexibility index (Phi) is 4.74. The van der Waals surface area contributed by atoms with Gasteiger partial charge in [-0.15, -0.1) is 0 Å². The number of ether oxygens (including phenoxy) is 2. The highest BCUT2D eigenvalue weighted by molar-refractivity contribution is 5.83. The van der Waals surface area contributed by atoms with E-state index in [1.807, 2.05) is 43.3 Å². The maximum absolute atomic E-state index is 12.5. The van der Waals surface area contributed by atoms with E-state index >= 15 is 0 Å². The summed E-state index contributed by atoms with van der Waals surface area (Å²) in [7, 11) is 3.26. The van der Waals surface area contributed by atoms with Crippen molar-refractivity contribution >= 4 is 5.91 Å². The van der Waals surface area contributed by atoms with Gasteiger partial charge in [0, 0.05) is 11.5 Å². The van der Waals surface area contributed by atoms with Crippen LogP contribution in [0.25, 0.3) is 0 Å². The van der Waals surface area contributed by atoms with Crippen molar-refractivity contribution in [3.8, 4) is 11.5 Å². The second-order valence-electron chi connectivity index (χ2n) is 6.20. The van der Waals surface area contributed by atoms with Gasteiger partial charge < -0.3 is 14.8 Å². The molecule has 1 amide bonds. The van der Waals surface area contributed by atoms with E-state index in [9.17, 15) is 4.79 Å². The minimum absolute atomic E-state index is 0.0615. The van der Waals surface area contributed by atoms with Gasteiger partial charge in [-0.1, -0.05) is 30.3 Å². The van der Waals surface area contributed by atoms with E-state index in [0.717, 1.165) is 23.5 Å². The van der Waals surface area contributed by atoms with Crippen LogP contribution < -0.4 is 14.8 Å². The average Bonchev–Trinajstić information content (AvgIpc) is 3.42. The quantitative estimate of drug-likeness (QED) is 0.881. The molecule has 0 aliphatic heterocycles. The number of hydrogen-bond acceptors (Lipinski definition) is 3. The Balaban J connectivity index is 1.67.